The van der Waals surface area contributed by atoms with Crippen LogP contribution in [0.5, 0.6) is 0 Å². The van der Waals surface area contributed by atoms with Gasteiger partial charge in [-0.1, -0.05) is 18.2 Å². The van der Waals surface area contributed by atoms with Crippen molar-refractivity contribution in [3.8, 4) is 0 Å². The zero-order valence-corrected chi connectivity index (χ0v) is 13.2. The van der Waals surface area contributed by atoms with Gasteiger partial charge in [0.2, 0.25) is 0 Å². The second kappa shape index (κ2) is 5.79. The first kappa shape index (κ1) is 15.0. The van der Waals surface area contributed by atoms with Crippen molar-refractivity contribution in [3.05, 3.63) is 54.5 Å². The summed E-state index contributed by atoms with van der Waals surface area (Å²) >= 11 is 0. The van der Waals surface area contributed by atoms with E-state index in [1.807, 2.05) is 30.3 Å². The molecule has 2 aliphatic rings. The van der Waals surface area contributed by atoms with Crippen LogP contribution >= 0.6 is 0 Å². The fourth-order valence-electron chi connectivity index (χ4n) is 3.38. The summed E-state index contributed by atoms with van der Waals surface area (Å²) < 4.78 is 11.1. The van der Waals surface area contributed by atoms with Gasteiger partial charge in [0.25, 0.3) is 11.8 Å². The number of amides is 2. The summed E-state index contributed by atoms with van der Waals surface area (Å²) in [7, 11) is 0. The number of benzene rings is 1. The molecule has 2 aliphatic heterocycles. The SMILES string of the molecule is O=C(c1ccco1)N1CCC2(C1)CN(c1ccccc1)C(=O)CO2. The van der Waals surface area contributed by atoms with Crippen molar-refractivity contribution in [1.82, 2.24) is 4.90 Å². The molecule has 0 aliphatic carbocycles. The first-order valence-corrected chi connectivity index (χ1v) is 7.99. The molecule has 2 fully saturated rings. The Labute approximate surface area is 139 Å². The van der Waals surface area contributed by atoms with Crippen molar-refractivity contribution in [2.45, 2.75) is 12.0 Å². The topological polar surface area (TPSA) is 63.0 Å². The summed E-state index contributed by atoms with van der Waals surface area (Å²) in [6.45, 7) is 1.55. The fraction of sp³-hybridized carbons (Fsp3) is 0.333. The van der Waals surface area contributed by atoms with E-state index in [0.29, 0.717) is 31.8 Å². The van der Waals surface area contributed by atoms with Crippen LogP contribution in [0.1, 0.15) is 17.0 Å². The average molecular weight is 326 g/mol. The molecule has 124 valence electrons. The third-order valence-electron chi connectivity index (χ3n) is 4.65. The molecule has 0 N–H and O–H groups in total. The van der Waals surface area contributed by atoms with E-state index in [1.54, 1.807) is 21.9 Å². The van der Waals surface area contributed by atoms with E-state index >= 15 is 0 Å². The minimum atomic E-state index is -0.508. The summed E-state index contributed by atoms with van der Waals surface area (Å²) in [5.41, 5.74) is 0.354. The zero-order valence-electron chi connectivity index (χ0n) is 13.2. The highest BCUT2D eigenvalue weighted by Crippen LogP contribution is 2.32. The third kappa shape index (κ3) is 2.59. The molecule has 1 aromatic heterocycles. The van der Waals surface area contributed by atoms with Crippen LogP contribution in [-0.2, 0) is 9.53 Å². The fourth-order valence-corrected chi connectivity index (χ4v) is 3.38. The van der Waals surface area contributed by atoms with Crippen molar-refractivity contribution in [1.29, 1.82) is 0 Å². The van der Waals surface area contributed by atoms with Gasteiger partial charge in [-0.25, -0.2) is 0 Å². The highest BCUT2D eigenvalue weighted by Gasteiger charge is 2.47. The molecule has 1 unspecified atom stereocenters. The second-order valence-corrected chi connectivity index (χ2v) is 6.24. The van der Waals surface area contributed by atoms with Gasteiger partial charge >= 0.3 is 0 Å². The van der Waals surface area contributed by atoms with Crippen molar-refractivity contribution in [2.24, 2.45) is 0 Å². The number of hydrogen-bond donors (Lipinski definition) is 0. The number of ether oxygens (including phenoxy) is 1. The molecule has 0 radical (unpaired) electrons. The standard InChI is InChI=1S/C18H18N2O4/c21-16-11-24-18(13-20(16)14-5-2-1-3-6-14)8-9-19(12-18)17(22)15-7-4-10-23-15/h1-7,10H,8-9,11-13H2. The molecule has 1 aromatic carbocycles. The Morgan fingerprint density at radius 3 is 2.67 bits per heavy atom. The maximum absolute atomic E-state index is 12.4. The highest BCUT2D eigenvalue weighted by atomic mass is 16.5. The molecule has 3 heterocycles. The number of para-hydroxylation sites is 1. The van der Waals surface area contributed by atoms with Crippen LogP contribution in [0.2, 0.25) is 0 Å². The molecule has 0 bridgehead atoms. The van der Waals surface area contributed by atoms with E-state index in [1.165, 1.54) is 6.26 Å². The maximum atomic E-state index is 12.4. The molecule has 0 saturated carbocycles. The van der Waals surface area contributed by atoms with Gasteiger partial charge in [-0.2, -0.15) is 0 Å². The maximum Gasteiger partial charge on any atom is 0.289 e. The number of nitrogens with zero attached hydrogens (tertiary/aromatic N) is 2. The van der Waals surface area contributed by atoms with Crippen LogP contribution in [-0.4, -0.2) is 48.6 Å². The summed E-state index contributed by atoms with van der Waals surface area (Å²) in [5.74, 6) is 0.144. The van der Waals surface area contributed by atoms with Crippen LogP contribution in [0, 0.1) is 0 Å². The van der Waals surface area contributed by atoms with Gasteiger partial charge in [-0.15, -0.1) is 0 Å². The molecular weight excluding hydrogens is 308 g/mol. The lowest BCUT2D eigenvalue weighted by molar-refractivity contribution is -0.137. The predicted molar refractivity (Wildman–Crippen MR) is 86.7 cm³/mol. The smallest absolute Gasteiger partial charge is 0.289 e. The van der Waals surface area contributed by atoms with Gasteiger partial charge < -0.3 is 19.0 Å². The van der Waals surface area contributed by atoms with Crippen molar-refractivity contribution >= 4 is 17.5 Å². The van der Waals surface area contributed by atoms with Gasteiger partial charge in [-0.05, 0) is 30.7 Å². The number of rotatable bonds is 2. The van der Waals surface area contributed by atoms with Crippen LogP contribution in [0.15, 0.2) is 53.1 Å². The number of hydrogen-bond acceptors (Lipinski definition) is 4. The van der Waals surface area contributed by atoms with E-state index in [2.05, 4.69) is 0 Å². The Morgan fingerprint density at radius 2 is 1.92 bits per heavy atom. The molecule has 24 heavy (non-hydrogen) atoms. The Bertz CT molecular complexity index is 744. The zero-order chi connectivity index (χ0) is 16.6. The summed E-state index contributed by atoms with van der Waals surface area (Å²) in [4.78, 5) is 28.2. The quantitative estimate of drug-likeness (QED) is 0.846. The lowest BCUT2D eigenvalue weighted by Crippen LogP contribution is -2.56. The van der Waals surface area contributed by atoms with E-state index < -0.39 is 5.60 Å². The first-order chi connectivity index (χ1) is 11.7. The van der Waals surface area contributed by atoms with Gasteiger partial charge in [0.15, 0.2) is 5.76 Å². The number of furan rings is 1. The van der Waals surface area contributed by atoms with Crippen LogP contribution < -0.4 is 4.90 Å². The summed E-state index contributed by atoms with van der Waals surface area (Å²) in [6.07, 6.45) is 2.20. The van der Waals surface area contributed by atoms with Crippen LogP contribution in [0.25, 0.3) is 0 Å². The molecule has 2 amide bonds. The van der Waals surface area contributed by atoms with Crippen LogP contribution in [0.3, 0.4) is 0 Å². The number of anilines is 1. The Kier molecular flexibility index (Phi) is 3.61. The van der Waals surface area contributed by atoms with Crippen molar-refractivity contribution in [2.75, 3.05) is 31.1 Å². The largest absolute Gasteiger partial charge is 0.459 e. The molecular formula is C18H18N2O4. The molecule has 6 heteroatoms. The molecule has 2 saturated heterocycles. The van der Waals surface area contributed by atoms with E-state index in [0.717, 1.165) is 5.69 Å². The van der Waals surface area contributed by atoms with Gasteiger partial charge in [0.05, 0.1) is 19.4 Å². The number of carbonyl (C=O) groups excluding carboxylic acids is 2. The average Bonchev–Trinajstić information content (AvgIpc) is 3.28. The second-order valence-electron chi connectivity index (χ2n) is 6.24. The lowest BCUT2D eigenvalue weighted by Gasteiger charge is -2.40. The molecule has 2 aromatic rings. The van der Waals surface area contributed by atoms with Gasteiger partial charge in [-0.3, -0.25) is 9.59 Å². The minimum absolute atomic E-state index is 0.0394. The summed E-state index contributed by atoms with van der Waals surface area (Å²) in [5, 5.41) is 0. The van der Waals surface area contributed by atoms with Crippen molar-refractivity contribution < 1.29 is 18.7 Å². The van der Waals surface area contributed by atoms with Crippen LogP contribution in [0.4, 0.5) is 5.69 Å². The number of likely N-dealkylation sites (tertiary alicyclic amines) is 1. The normalized spacial score (nSPS) is 23.9. The molecule has 1 atom stereocenters. The number of carbonyl (C=O) groups is 2. The Hall–Kier alpha value is -2.60. The molecule has 4 rings (SSSR count). The van der Waals surface area contributed by atoms with Gasteiger partial charge in [0, 0.05) is 12.2 Å². The van der Waals surface area contributed by atoms with Crippen molar-refractivity contribution in [3.63, 3.8) is 0 Å². The highest BCUT2D eigenvalue weighted by molar-refractivity contribution is 5.95. The Morgan fingerprint density at radius 1 is 1.08 bits per heavy atom. The Balaban J connectivity index is 1.52. The van der Waals surface area contributed by atoms with E-state index in [9.17, 15) is 9.59 Å². The van der Waals surface area contributed by atoms with Gasteiger partial charge in [0.1, 0.15) is 12.2 Å². The monoisotopic (exact) mass is 326 g/mol. The molecule has 6 nitrogen and oxygen atoms in total. The van der Waals surface area contributed by atoms with E-state index in [-0.39, 0.29) is 18.4 Å². The lowest BCUT2D eigenvalue weighted by atomic mass is 10.00. The first-order valence-electron chi connectivity index (χ1n) is 7.99. The number of morpholine rings is 1. The minimum Gasteiger partial charge on any atom is -0.459 e. The predicted octanol–water partition coefficient (Wildman–Crippen LogP) is 1.93. The third-order valence-corrected chi connectivity index (χ3v) is 4.65. The van der Waals surface area contributed by atoms with E-state index in [4.69, 9.17) is 9.15 Å². The molecule has 1 spiro atoms. The summed E-state index contributed by atoms with van der Waals surface area (Å²) in [6, 6.07) is 12.9.